The SMILES string of the molecule is [2H]c1c([2H])c([2H])c2c(oc3c(-c4ccc(N(c5ccc(-c6cccc7c6sc6ccccc67)cc5)c5cccc6ccccc56)cc4)c([2H])c([2H])c([2H])c32)c1[2H]. The van der Waals surface area contributed by atoms with Gasteiger partial charge in [-0.05, 0) is 64.5 Å². The Balaban J connectivity index is 1.13. The molecule has 0 aliphatic rings. The molecule has 10 aromatic rings. The maximum absolute atomic E-state index is 8.95. The molecular formula is C46H29NOS. The van der Waals surface area contributed by atoms with Crippen LogP contribution in [0.15, 0.2) is 180 Å². The molecule has 0 aliphatic carbocycles. The van der Waals surface area contributed by atoms with Gasteiger partial charge in [0.15, 0.2) is 0 Å². The average molecular weight is 651 g/mol. The third-order valence-corrected chi connectivity index (χ3v) is 10.4. The van der Waals surface area contributed by atoms with Crippen molar-refractivity contribution in [2.45, 2.75) is 0 Å². The lowest BCUT2D eigenvalue weighted by Gasteiger charge is -2.27. The van der Waals surface area contributed by atoms with Crippen molar-refractivity contribution in [3.63, 3.8) is 0 Å². The first-order valence-electron chi connectivity index (χ1n) is 19.5. The summed E-state index contributed by atoms with van der Waals surface area (Å²) in [4.78, 5) is 2.20. The fourth-order valence-corrected chi connectivity index (χ4v) is 8.14. The molecular weight excluding hydrogens is 615 g/mol. The first-order chi connectivity index (χ1) is 27.2. The van der Waals surface area contributed by atoms with E-state index in [1.54, 1.807) is 0 Å². The molecule has 2 nitrogen and oxygen atoms in total. The van der Waals surface area contributed by atoms with Crippen LogP contribution in [-0.4, -0.2) is 0 Å². The lowest BCUT2D eigenvalue weighted by Crippen LogP contribution is -2.10. The summed E-state index contributed by atoms with van der Waals surface area (Å²) in [6.07, 6.45) is 0. The predicted molar refractivity (Wildman–Crippen MR) is 210 cm³/mol. The molecule has 0 saturated heterocycles. The second kappa shape index (κ2) is 11.2. The van der Waals surface area contributed by atoms with Crippen LogP contribution in [0.5, 0.6) is 0 Å². The normalized spacial score (nSPS) is 13.7. The number of para-hydroxylation sites is 2. The van der Waals surface area contributed by atoms with E-state index in [-0.39, 0.29) is 57.7 Å². The number of fused-ring (bicyclic) bond motifs is 7. The van der Waals surface area contributed by atoms with E-state index in [1.807, 2.05) is 53.8 Å². The zero-order valence-corrected chi connectivity index (χ0v) is 26.8. The van der Waals surface area contributed by atoms with Crippen molar-refractivity contribution in [1.82, 2.24) is 0 Å². The fourth-order valence-electron chi connectivity index (χ4n) is 6.90. The number of nitrogens with zero attached hydrogens (tertiary/aromatic N) is 1. The third-order valence-electron chi connectivity index (χ3n) is 9.20. The van der Waals surface area contributed by atoms with E-state index in [4.69, 9.17) is 14.0 Å². The van der Waals surface area contributed by atoms with E-state index in [1.165, 1.54) is 25.7 Å². The van der Waals surface area contributed by atoms with Crippen molar-refractivity contribution in [3.8, 4) is 22.3 Å². The van der Waals surface area contributed by atoms with Crippen LogP contribution in [0.25, 0.3) is 75.1 Å². The second-order valence-corrected chi connectivity index (χ2v) is 13.0. The van der Waals surface area contributed by atoms with Gasteiger partial charge >= 0.3 is 0 Å². The fraction of sp³-hybridized carbons (Fsp3) is 0. The lowest BCUT2D eigenvalue weighted by molar-refractivity contribution is 0.670. The Hall–Kier alpha value is -6.16. The van der Waals surface area contributed by atoms with Gasteiger partial charge in [0.25, 0.3) is 0 Å². The molecule has 10 rings (SSSR count). The van der Waals surface area contributed by atoms with Crippen molar-refractivity contribution in [1.29, 1.82) is 0 Å². The number of anilines is 3. The minimum Gasteiger partial charge on any atom is -0.455 e. The van der Waals surface area contributed by atoms with E-state index < -0.39 is 12.1 Å². The Kier molecular flexibility index (Phi) is 4.96. The van der Waals surface area contributed by atoms with E-state index in [2.05, 4.69) is 95.9 Å². The van der Waals surface area contributed by atoms with E-state index in [9.17, 15) is 0 Å². The van der Waals surface area contributed by atoms with Gasteiger partial charge in [-0.3, -0.25) is 0 Å². The van der Waals surface area contributed by atoms with Crippen LogP contribution in [-0.2, 0) is 0 Å². The summed E-state index contributed by atoms with van der Waals surface area (Å²) >= 11 is 1.81. The number of thiophene rings is 1. The standard InChI is InChI=1S/C46H29NOS/c1-2-12-35-30(10-1)11-7-19-42(35)47(33-26-22-31(23-27-33)36-15-8-17-40-38-13-3-5-20-43(38)48-45(36)40)34-28-24-32(25-29-34)37-16-9-18-41-39-14-4-6-21-44(39)49-46(37)41/h1-29H/i3D,5D,8D,13D,15D,17D,20D. The molecule has 0 amide bonds. The van der Waals surface area contributed by atoms with Gasteiger partial charge in [-0.1, -0.05) is 133 Å². The quantitative estimate of drug-likeness (QED) is 0.184. The van der Waals surface area contributed by atoms with Crippen LogP contribution in [0.4, 0.5) is 17.1 Å². The van der Waals surface area contributed by atoms with Crippen molar-refractivity contribution < 1.29 is 14.0 Å². The van der Waals surface area contributed by atoms with Crippen molar-refractivity contribution in [2.75, 3.05) is 4.90 Å². The Labute approximate surface area is 297 Å². The topological polar surface area (TPSA) is 16.4 Å². The van der Waals surface area contributed by atoms with Gasteiger partial charge < -0.3 is 9.32 Å². The maximum atomic E-state index is 8.95. The molecule has 0 saturated carbocycles. The third kappa shape index (κ3) is 4.55. The highest BCUT2D eigenvalue weighted by Crippen LogP contribution is 2.43. The Bertz CT molecular complexity index is 3220. The van der Waals surface area contributed by atoms with E-state index in [0.29, 0.717) is 5.56 Å². The molecule has 2 aromatic heterocycles. The molecule has 0 bridgehead atoms. The molecule has 49 heavy (non-hydrogen) atoms. The van der Waals surface area contributed by atoms with E-state index >= 15 is 0 Å². The molecule has 230 valence electrons. The molecule has 0 unspecified atom stereocenters. The predicted octanol–water partition coefficient (Wildman–Crippen LogP) is 13.9. The number of hydrogen-bond donors (Lipinski definition) is 0. The molecule has 0 aliphatic heterocycles. The molecule has 0 radical (unpaired) electrons. The highest BCUT2D eigenvalue weighted by atomic mass is 32.1. The molecule has 0 N–H and O–H groups in total. The Morgan fingerprint density at radius 2 is 1.14 bits per heavy atom. The van der Waals surface area contributed by atoms with Crippen LogP contribution in [0.3, 0.4) is 0 Å². The zero-order chi connectivity index (χ0) is 38.4. The van der Waals surface area contributed by atoms with Crippen LogP contribution in [0.2, 0.25) is 0 Å². The second-order valence-electron chi connectivity index (χ2n) is 12.0. The summed E-state index contributed by atoms with van der Waals surface area (Å²) in [5.41, 5.74) is 5.84. The Morgan fingerprint density at radius 3 is 1.98 bits per heavy atom. The molecule has 0 fully saturated rings. The van der Waals surface area contributed by atoms with Crippen LogP contribution < -0.4 is 4.90 Å². The minimum atomic E-state index is -0.449. The summed E-state index contributed by atoms with van der Waals surface area (Å²) in [7, 11) is 0. The maximum Gasteiger partial charge on any atom is 0.143 e. The lowest BCUT2D eigenvalue weighted by atomic mass is 10.0. The van der Waals surface area contributed by atoms with Crippen molar-refractivity contribution in [2.24, 2.45) is 0 Å². The van der Waals surface area contributed by atoms with Crippen LogP contribution in [0.1, 0.15) is 9.60 Å². The summed E-state index contributed by atoms with van der Waals surface area (Å²) in [6, 6.07) is 43.2. The number of hydrogen-bond acceptors (Lipinski definition) is 3. The van der Waals surface area contributed by atoms with Crippen molar-refractivity contribution >= 4 is 81.3 Å². The monoisotopic (exact) mass is 650 g/mol. The van der Waals surface area contributed by atoms with Gasteiger partial charge in [0, 0.05) is 53.3 Å². The first kappa shape index (κ1) is 21.7. The first-order valence-corrected chi connectivity index (χ1v) is 16.8. The molecule has 3 heteroatoms. The number of benzene rings is 8. The minimum absolute atomic E-state index is 0.0385. The molecule has 8 aromatic carbocycles. The van der Waals surface area contributed by atoms with Gasteiger partial charge in [-0.25, -0.2) is 0 Å². The number of rotatable bonds is 5. The highest BCUT2D eigenvalue weighted by molar-refractivity contribution is 7.26. The van der Waals surface area contributed by atoms with E-state index in [0.717, 1.165) is 33.4 Å². The molecule has 0 atom stereocenters. The van der Waals surface area contributed by atoms with Gasteiger partial charge in [0.1, 0.15) is 11.2 Å². The average Bonchev–Trinajstić information content (AvgIpc) is 3.82. The van der Waals surface area contributed by atoms with Gasteiger partial charge in [0.05, 0.1) is 15.3 Å². The summed E-state index contributed by atoms with van der Waals surface area (Å²) in [5.74, 6) is 0. The summed E-state index contributed by atoms with van der Waals surface area (Å²) in [5, 5.41) is 4.81. The Morgan fingerprint density at radius 1 is 0.490 bits per heavy atom. The zero-order valence-electron chi connectivity index (χ0n) is 33.0. The molecule has 2 heterocycles. The largest absolute Gasteiger partial charge is 0.455 e. The van der Waals surface area contributed by atoms with Gasteiger partial charge in [-0.2, -0.15) is 0 Å². The van der Waals surface area contributed by atoms with Crippen LogP contribution >= 0.6 is 11.3 Å². The highest BCUT2D eigenvalue weighted by Gasteiger charge is 2.18. The van der Waals surface area contributed by atoms with Gasteiger partial charge in [0.2, 0.25) is 0 Å². The summed E-state index contributed by atoms with van der Waals surface area (Å²) in [6.45, 7) is 0. The molecule has 0 spiro atoms. The van der Waals surface area contributed by atoms with Gasteiger partial charge in [-0.15, -0.1) is 11.3 Å². The van der Waals surface area contributed by atoms with Crippen LogP contribution in [0, 0.1) is 0 Å². The summed E-state index contributed by atoms with van der Waals surface area (Å²) < 4.78 is 68.5. The smallest absolute Gasteiger partial charge is 0.143 e. The number of furan rings is 1. The van der Waals surface area contributed by atoms with Crippen molar-refractivity contribution in [3.05, 3.63) is 176 Å².